The van der Waals surface area contributed by atoms with E-state index in [0.717, 1.165) is 11.1 Å². The number of carbonyl (C=O) groups is 2. The Morgan fingerprint density at radius 2 is 1.36 bits per heavy atom. The summed E-state index contributed by atoms with van der Waals surface area (Å²) < 4.78 is 16.2. The lowest BCUT2D eigenvalue weighted by Gasteiger charge is -2.20. The molecule has 13 heteroatoms. The van der Waals surface area contributed by atoms with Crippen molar-refractivity contribution in [1.29, 1.82) is 0 Å². The lowest BCUT2D eigenvalue weighted by molar-refractivity contribution is -0.136. The number of aromatic nitrogens is 3. The van der Waals surface area contributed by atoms with E-state index < -0.39 is 24.6 Å². The topological polar surface area (TPSA) is 169 Å². The van der Waals surface area contributed by atoms with Crippen molar-refractivity contribution in [3.05, 3.63) is 108 Å². The normalized spacial score (nSPS) is 11.2. The number of hydrogen-bond acceptors (Lipinski definition) is 10. The number of carboxylic acids is 1. The molecule has 0 bridgehead atoms. The number of carboxylic acid groups (broad SMARTS) is 1. The van der Waals surface area contributed by atoms with Gasteiger partial charge in [0.05, 0.1) is 39.6 Å². The number of urea groups is 1. The fourth-order valence-electron chi connectivity index (χ4n) is 4.80. The predicted molar refractivity (Wildman–Crippen MR) is 178 cm³/mol. The third-order valence-electron chi connectivity index (χ3n) is 6.95. The lowest BCUT2D eigenvalue weighted by atomic mass is 10.0. The van der Waals surface area contributed by atoms with Gasteiger partial charge in [-0.15, -0.1) is 0 Å². The van der Waals surface area contributed by atoms with Crippen LogP contribution in [-0.2, 0) is 4.79 Å². The van der Waals surface area contributed by atoms with Crippen molar-refractivity contribution in [3.63, 3.8) is 0 Å². The molecule has 0 aliphatic rings. The summed E-state index contributed by atoms with van der Waals surface area (Å²) in [4.78, 5) is 38.5. The van der Waals surface area contributed by atoms with Gasteiger partial charge in [-0.2, -0.15) is 15.0 Å². The first-order chi connectivity index (χ1) is 22.9. The largest absolute Gasteiger partial charge is 0.495 e. The Labute approximate surface area is 271 Å². The van der Waals surface area contributed by atoms with E-state index in [1.54, 1.807) is 42.5 Å². The van der Waals surface area contributed by atoms with Crippen molar-refractivity contribution in [3.8, 4) is 28.4 Å². The number of nitrogens with zero attached hydrogens (tertiary/aromatic N) is 3. The van der Waals surface area contributed by atoms with Gasteiger partial charge < -0.3 is 30.0 Å². The van der Waals surface area contributed by atoms with Crippen LogP contribution in [0.15, 0.2) is 97.1 Å². The number of carbonyl (C=O) groups excluding carboxylic acids is 1. The summed E-state index contributed by atoms with van der Waals surface area (Å²) in [6, 6.07) is 28.0. The van der Waals surface area contributed by atoms with Crippen LogP contribution in [0.2, 0.25) is 0 Å². The minimum absolute atomic E-state index is 0.0929. The number of hydrogen-bond donors (Lipinski definition) is 5. The summed E-state index contributed by atoms with van der Waals surface area (Å²) in [5, 5.41) is 21.2. The molecule has 1 unspecified atom stereocenters. The van der Waals surface area contributed by atoms with Crippen LogP contribution in [0.4, 0.5) is 28.1 Å². The molecule has 0 fully saturated rings. The molecule has 0 saturated carbocycles. The molecule has 0 saturated heterocycles. The van der Waals surface area contributed by atoms with Crippen molar-refractivity contribution in [1.82, 2.24) is 20.3 Å². The average Bonchev–Trinajstić information content (AvgIpc) is 3.09. The molecule has 5 N–H and O–H groups in total. The Balaban J connectivity index is 1.57. The predicted octanol–water partition coefficient (Wildman–Crippen LogP) is 5.72. The van der Waals surface area contributed by atoms with Crippen LogP contribution < -0.4 is 35.5 Å². The molecular weight excluding hydrogens is 602 g/mol. The molecule has 0 aliphatic heterocycles. The van der Waals surface area contributed by atoms with Crippen LogP contribution in [0.1, 0.15) is 17.4 Å². The Hall–Kier alpha value is -6.21. The van der Waals surface area contributed by atoms with Crippen LogP contribution in [0.25, 0.3) is 11.1 Å². The maximum absolute atomic E-state index is 13.2. The first-order valence-electron chi connectivity index (χ1n) is 14.4. The van der Waals surface area contributed by atoms with Gasteiger partial charge >= 0.3 is 12.0 Å². The number of para-hydroxylation sites is 3. The molecule has 240 valence electrons. The molecule has 0 spiro atoms. The maximum atomic E-state index is 13.2. The van der Waals surface area contributed by atoms with E-state index in [1.807, 2.05) is 54.6 Å². The monoisotopic (exact) mass is 635 g/mol. The highest BCUT2D eigenvalue weighted by atomic mass is 16.5. The van der Waals surface area contributed by atoms with Gasteiger partial charge in [0.2, 0.25) is 11.9 Å². The summed E-state index contributed by atoms with van der Waals surface area (Å²) in [5.41, 5.74) is 3.56. The standard InChI is InChI=1S/C34H33N7O6/c1-45-26-16-10-9-15-25(26)37-34(44)41-33-39-31(30(35-20-29(42)43)22-17-18-27(46-2)28(19-22)47-3)38-32(40-33)36-24-14-8-7-13-23(24)21-11-5-4-6-12-21/h4-19,30,35H,20H2,1-3H3,(H,42,43)(H3,36,37,38,39,40,41,44). The zero-order valence-corrected chi connectivity index (χ0v) is 25.9. The minimum Gasteiger partial charge on any atom is -0.495 e. The van der Waals surface area contributed by atoms with Crippen molar-refractivity contribution in [2.75, 3.05) is 43.8 Å². The van der Waals surface area contributed by atoms with Crippen molar-refractivity contribution >= 4 is 35.3 Å². The molecule has 1 heterocycles. The van der Waals surface area contributed by atoms with E-state index in [-0.39, 0.29) is 17.7 Å². The smallest absolute Gasteiger partial charge is 0.326 e. The molecule has 2 amide bonds. The molecule has 1 atom stereocenters. The summed E-state index contributed by atoms with van der Waals surface area (Å²) in [6.45, 7) is -0.415. The first kappa shape index (κ1) is 32.2. The Morgan fingerprint density at radius 3 is 2.09 bits per heavy atom. The van der Waals surface area contributed by atoms with Gasteiger partial charge in [-0.3, -0.25) is 15.4 Å². The Kier molecular flexibility index (Phi) is 10.4. The second-order valence-electron chi connectivity index (χ2n) is 9.98. The Morgan fingerprint density at radius 1 is 0.702 bits per heavy atom. The minimum atomic E-state index is -1.09. The van der Waals surface area contributed by atoms with E-state index in [9.17, 15) is 14.7 Å². The van der Waals surface area contributed by atoms with E-state index in [1.165, 1.54) is 21.3 Å². The fraction of sp³-hybridized carbons (Fsp3) is 0.147. The van der Waals surface area contributed by atoms with Crippen LogP contribution in [0, 0.1) is 0 Å². The second kappa shape index (κ2) is 15.2. The van der Waals surface area contributed by atoms with Crippen LogP contribution in [0.5, 0.6) is 17.2 Å². The maximum Gasteiger partial charge on any atom is 0.326 e. The van der Waals surface area contributed by atoms with Crippen LogP contribution in [0.3, 0.4) is 0 Å². The third kappa shape index (κ3) is 8.09. The number of anilines is 4. The number of methoxy groups -OCH3 is 3. The molecule has 0 aliphatic carbocycles. The van der Waals surface area contributed by atoms with Crippen molar-refractivity contribution in [2.45, 2.75) is 6.04 Å². The quantitative estimate of drug-likeness (QED) is 0.107. The second-order valence-corrected chi connectivity index (χ2v) is 9.98. The van der Waals surface area contributed by atoms with Crippen molar-refractivity contribution < 1.29 is 28.9 Å². The zero-order valence-electron chi connectivity index (χ0n) is 25.9. The van der Waals surface area contributed by atoms with Gasteiger partial charge in [0, 0.05) is 11.3 Å². The molecule has 5 aromatic rings. The molecule has 13 nitrogen and oxygen atoms in total. The highest BCUT2D eigenvalue weighted by Crippen LogP contribution is 2.33. The van der Waals surface area contributed by atoms with E-state index >= 15 is 0 Å². The van der Waals surface area contributed by atoms with Gasteiger partial charge in [-0.25, -0.2) is 4.79 Å². The van der Waals surface area contributed by atoms with E-state index in [4.69, 9.17) is 14.2 Å². The van der Waals surface area contributed by atoms with E-state index in [0.29, 0.717) is 34.2 Å². The lowest BCUT2D eigenvalue weighted by Crippen LogP contribution is -2.30. The fourth-order valence-corrected chi connectivity index (χ4v) is 4.80. The molecule has 1 aromatic heterocycles. The summed E-state index contributed by atoms with van der Waals surface area (Å²) >= 11 is 0. The van der Waals surface area contributed by atoms with Crippen molar-refractivity contribution in [2.24, 2.45) is 0 Å². The van der Waals surface area contributed by atoms with E-state index in [2.05, 4.69) is 36.2 Å². The van der Waals surface area contributed by atoms with Gasteiger partial charge in [-0.1, -0.05) is 66.7 Å². The highest BCUT2D eigenvalue weighted by Gasteiger charge is 2.23. The molecule has 47 heavy (non-hydrogen) atoms. The SMILES string of the molecule is COc1ccccc1NC(=O)Nc1nc(Nc2ccccc2-c2ccccc2)nc(C(NCC(=O)O)c2ccc(OC)c(OC)c2)n1. The van der Waals surface area contributed by atoms with Crippen LogP contribution in [-0.4, -0.2) is 59.9 Å². The number of rotatable bonds is 13. The summed E-state index contributed by atoms with van der Waals surface area (Å²) in [7, 11) is 4.52. The number of aliphatic carboxylic acids is 1. The number of amides is 2. The molecular formula is C34H33N7O6. The Bertz CT molecular complexity index is 1850. The number of nitrogens with one attached hydrogen (secondary N) is 4. The third-order valence-corrected chi connectivity index (χ3v) is 6.95. The number of ether oxygens (including phenoxy) is 3. The first-order valence-corrected chi connectivity index (χ1v) is 14.4. The molecule has 0 radical (unpaired) electrons. The van der Waals surface area contributed by atoms with Gasteiger partial charge in [-0.05, 0) is 41.5 Å². The summed E-state index contributed by atoms with van der Waals surface area (Å²) in [6.07, 6.45) is 0. The average molecular weight is 636 g/mol. The highest BCUT2D eigenvalue weighted by molar-refractivity contribution is 5.99. The molecule has 4 aromatic carbocycles. The van der Waals surface area contributed by atoms with Crippen LogP contribution >= 0.6 is 0 Å². The summed E-state index contributed by atoms with van der Waals surface area (Å²) in [5.74, 6) is 0.420. The zero-order chi connectivity index (χ0) is 33.2. The number of benzene rings is 4. The van der Waals surface area contributed by atoms with Gasteiger partial charge in [0.25, 0.3) is 0 Å². The van der Waals surface area contributed by atoms with Gasteiger partial charge in [0.1, 0.15) is 5.75 Å². The molecule has 5 rings (SSSR count). The van der Waals surface area contributed by atoms with Gasteiger partial charge in [0.15, 0.2) is 17.3 Å².